The van der Waals surface area contributed by atoms with Crippen molar-refractivity contribution in [3.8, 4) is 0 Å². The Morgan fingerprint density at radius 2 is 1.07 bits per heavy atom. The first kappa shape index (κ1) is 22.4. The standard InChI is InChI=1S/C11H20O3.C10H18O4/c1-6-7-10(2,3)8-9(12-7)14-11(4,5)13-8;1-5-6-10(4,11)7-8(12-6)14-9(2,3)13-7/h7-9H,6H2,1-5H3;6-8,11H,5H2,1-4H3/t7-,8+,9-;6-,7+,8-,10-/m11/s1. The Hall–Kier alpha value is -0.280. The minimum atomic E-state index is -0.951. The molecule has 1 N–H and O–H groups in total. The molecule has 0 amide bonds. The van der Waals surface area contributed by atoms with Gasteiger partial charge in [0.1, 0.15) is 17.8 Å². The van der Waals surface area contributed by atoms with Crippen molar-refractivity contribution in [2.24, 2.45) is 5.41 Å². The summed E-state index contributed by atoms with van der Waals surface area (Å²) in [6, 6.07) is 0. The fourth-order valence-electron chi connectivity index (χ4n) is 4.69. The molecule has 0 bridgehead atoms. The first-order valence-electron chi connectivity index (χ1n) is 10.5. The van der Waals surface area contributed by atoms with Crippen LogP contribution >= 0.6 is 0 Å². The van der Waals surface area contributed by atoms with Gasteiger partial charge in [-0.1, -0.05) is 27.7 Å². The van der Waals surface area contributed by atoms with E-state index >= 15 is 0 Å². The van der Waals surface area contributed by atoms with Crippen molar-refractivity contribution in [1.82, 2.24) is 0 Å². The lowest BCUT2D eigenvalue weighted by Gasteiger charge is -2.30. The quantitative estimate of drug-likeness (QED) is 0.759. The Morgan fingerprint density at radius 3 is 1.50 bits per heavy atom. The van der Waals surface area contributed by atoms with E-state index in [0.29, 0.717) is 0 Å². The molecule has 4 rings (SSSR count). The van der Waals surface area contributed by atoms with E-state index in [1.807, 2.05) is 34.6 Å². The maximum atomic E-state index is 10.2. The second kappa shape index (κ2) is 7.15. The van der Waals surface area contributed by atoms with Crippen molar-refractivity contribution in [2.45, 2.75) is 129 Å². The molecular formula is C21H38O7. The molecule has 7 heteroatoms. The summed E-state index contributed by atoms with van der Waals surface area (Å²) >= 11 is 0. The molecular weight excluding hydrogens is 364 g/mol. The van der Waals surface area contributed by atoms with Gasteiger partial charge in [0, 0.05) is 5.41 Å². The Labute approximate surface area is 168 Å². The maximum absolute atomic E-state index is 10.2. The largest absolute Gasteiger partial charge is 0.385 e. The summed E-state index contributed by atoms with van der Waals surface area (Å²) in [5.74, 6) is -1.15. The van der Waals surface area contributed by atoms with Crippen LogP contribution in [0.1, 0.15) is 75.2 Å². The van der Waals surface area contributed by atoms with Crippen molar-refractivity contribution in [2.75, 3.05) is 0 Å². The third-order valence-electron chi connectivity index (χ3n) is 6.25. The summed E-state index contributed by atoms with van der Waals surface area (Å²) < 4.78 is 34.2. The topological polar surface area (TPSA) is 75.6 Å². The van der Waals surface area contributed by atoms with E-state index in [1.165, 1.54) is 0 Å². The van der Waals surface area contributed by atoms with E-state index in [0.717, 1.165) is 12.8 Å². The molecule has 0 aromatic heterocycles. The molecule has 0 aromatic rings. The maximum Gasteiger partial charge on any atom is 0.190 e. The highest BCUT2D eigenvalue weighted by atomic mass is 16.8. The van der Waals surface area contributed by atoms with Gasteiger partial charge in [-0.25, -0.2) is 0 Å². The third kappa shape index (κ3) is 3.87. The van der Waals surface area contributed by atoms with Gasteiger partial charge in [-0.15, -0.1) is 0 Å². The highest BCUT2D eigenvalue weighted by molar-refractivity contribution is 5.01. The lowest BCUT2D eigenvalue weighted by molar-refractivity contribution is -0.227. The normalized spacial score (nSPS) is 47.4. The van der Waals surface area contributed by atoms with Crippen LogP contribution in [0.5, 0.6) is 0 Å². The molecule has 0 radical (unpaired) electrons. The fourth-order valence-corrected chi connectivity index (χ4v) is 4.69. The zero-order valence-corrected chi connectivity index (χ0v) is 18.8. The van der Waals surface area contributed by atoms with Crippen LogP contribution in [-0.2, 0) is 28.4 Å². The molecule has 0 unspecified atom stereocenters. The van der Waals surface area contributed by atoms with Crippen LogP contribution in [0, 0.1) is 5.41 Å². The van der Waals surface area contributed by atoms with Crippen LogP contribution in [0.2, 0.25) is 0 Å². The predicted octanol–water partition coefficient (Wildman–Crippen LogP) is 3.32. The molecule has 7 atom stereocenters. The van der Waals surface area contributed by atoms with Crippen molar-refractivity contribution in [1.29, 1.82) is 0 Å². The van der Waals surface area contributed by atoms with E-state index in [1.54, 1.807) is 6.92 Å². The fraction of sp³-hybridized carbons (Fsp3) is 1.00. The molecule has 4 fully saturated rings. The first-order valence-corrected chi connectivity index (χ1v) is 10.5. The second-order valence-electron chi connectivity index (χ2n) is 9.96. The molecule has 0 saturated carbocycles. The van der Waals surface area contributed by atoms with Crippen LogP contribution in [0.3, 0.4) is 0 Å². The Kier molecular flexibility index (Phi) is 5.72. The van der Waals surface area contributed by atoms with Gasteiger partial charge in [0.15, 0.2) is 24.2 Å². The van der Waals surface area contributed by atoms with Gasteiger partial charge in [0.2, 0.25) is 0 Å². The van der Waals surface area contributed by atoms with Gasteiger partial charge in [0.25, 0.3) is 0 Å². The monoisotopic (exact) mass is 402 g/mol. The van der Waals surface area contributed by atoms with Crippen molar-refractivity contribution >= 4 is 0 Å². The number of hydrogen-bond acceptors (Lipinski definition) is 7. The summed E-state index contributed by atoms with van der Waals surface area (Å²) in [4.78, 5) is 0. The predicted molar refractivity (Wildman–Crippen MR) is 102 cm³/mol. The van der Waals surface area contributed by atoms with Gasteiger partial charge >= 0.3 is 0 Å². The summed E-state index contributed by atoms with van der Waals surface area (Å²) in [6.07, 6.45) is 0.905. The van der Waals surface area contributed by atoms with E-state index < -0.39 is 23.5 Å². The van der Waals surface area contributed by atoms with Crippen molar-refractivity contribution < 1.29 is 33.5 Å². The molecule has 7 nitrogen and oxygen atoms in total. The molecule has 0 aliphatic carbocycles. The zero-order chi connectivity index (χ0) is 21.1. The number of aliphatic hydroxyl groups is 1. The zero-order valence-electron chi connectivity index (χ0n) is 18.8. The Morgan fingerprint density at radius 1 is 0.643 bits per heavy atom. The summed E-state index contributed by atoms with van der Waals surface area (Å²) in [6.45, 7) is 17.8. The van der Waals surface area contributed by atoms with E-state index in [9.17, 15) is 5.11 Å². The average molecular weight is 403 g/mol. The third-order valence-corrected chi connectivity index (χ3v) is 6.25. The average Bonchev–Trinajstić information content (AvgIpc) is 3.18. The highest BCUT2D eigenvalue weighted by Gasteiger charge is 2.60. The highest BCUT2D eigenvalue weighted by Crippen LogP contribution is 2.48. The smallest absolute Gasteiger partial charge is 0.190 e. The lowest BCUT2D eigenvalue weighted by Crippen LogP contribution is -2.45. The SMILES string of the molecule is CC[C@H]1O[C@@H]2OC(C)(C)O[C@@H]2C1(C)C.CC[C@H]1O[C@@H]2OC(C)(C)O[C@@H]2[C@]1(C)O. The van der Waals surface area contributed by atoms with E-state index in [2.05, 4.69) is 20.8 Å². The Balaban J connectivity index is 0.000000161. The summed E-state index contributed by atoms with van der Waals surface area (Å²) in [7, 11) is 0. The number of hydrogen-bond donors (Lipinski definition) is 1. The van der Waals surface area contributed by atoms with Crippen LogP contribution < -0.4 is 0 Å². The van der Waals surface area contributed by atoms with Gasteiger partial charge < -0.3 is 33.5 Å². The molecule has 0 aromatic carbocycles. The molecule has 4 heterocycles. The molecule has 4 aliphatic rings. The van der Waals surface area contributed by atoms with Gasteiger partial charge in [-0.3, -0.25) is 0 Å². The molecule has 4 saturated heterocycles. The van der Waals surface area contributed by atoms with Gasteiger partial charge in [-0.2, -0.15) is 0 Å². The van der Waals surface area contributed by atoms with Crippen LogP contribution in [-0.4, -0.2) is 59.3 Å². The van der Waals surface area contributed by atoms with E-state index in [4.69, 9.17) is 28.4 Å². The van der Waals surface area contributed by atoms with Gasteiger partial charge in [-0.05, 0) is 47.5 Å². The van der Waals surface area contributed by atoms with Crippen LogP contribution in [0.15, 0.2) is 0 Å². The van der Waals surface area contributed by atoms with Crippen LogP contribution in [0.25, 0.3) is 0 Å². The number of fused-ring (bicyclic) bond motifs is 2. The van der Waals surface area contributed by atoms with Crippen molar-refractivity contribution in [3.63, 3.8) is 0 Å². The Bertz CT molecular complexity index is 521. The molecule has 0 spiro atoms. The van der Waals surface area contributed by atoms with Crippen LogP contribution in [0.4, 0.5) is 0 Å². The summed E-state index contributed by atoms with van der Waals surface area (Å²) in [5.41, 5.74) is -0.902. The molecule has 4 aliphatic heterocycles. The van der Waals surface area contributed by atoms with E-state index in [-0.39, 0.29) is 36.1 Å². The minimum absolute atomic E-state index is 0.0488. The molecule has 164 valence electrons. The second-order valence-corrected chi connectivity index (χ2v) is 9.96. The van der Waals surface area contributed by atoms with Crippen molar-refractivity contribution in [3.05, 3.63) is 0 Å². The number of rotatable bonds is 2. The minimum Gasteiger partial charge on any atom is -0.385 e. The van der Waals surface area contributed by atoms with Gasteiger partial charge in [0.05, 0.1) is 12.2 Å². The lowest BCUT2D eigenvalue weighted by atomic mass is 9.82. The number of ether oxygens (including phenoxy) is 6. The summed E-state index contributed by atoms with van der Waals surface area (Å²) in [5, 5.41) is 10.2. The molecule has 28 heavy (non-hydrogen) atoms. The first-order chi connectivity index (χ1) is 12.7.